The second-order valence-electron chi connectivity index (χ2n) is 5.54. The molecule has 140 valence electrons. The molecule has 0 atom stereocenters. The summed E-state index contributed by atoms with van der Waals surface area (Å²) in [7, 11) is -0.665. The molecule has 0 spiro atoms. The number of carbonyl (C=O) groups is 1. The van der Waals surface area contributed by atoms with Crippen LogP contribution in [0.1, 0.15) is 6.42 Å². The lowest BCUT2D eigenvalue weighted by Crippen LogP contribution is -2.50. The van der Waals surface area contributed by atoms with Gasteiger partial charge in [0.1, 0.15) is 0 Å². The lowest BCUT2D eigenvalue weighted by molar-refractivity contribution is -0.131. The van der Waals surface area contributed by atoms with Crippen LogP contribution in [0.25, 0.3) is 0 Å². The highest BCUT2D eigenvalue weighted by molar-refractivity contribution is 7.98. The molecule has 0 saturated carbocycles. The molecule has 1 aliphatic rings. The third-order valence-electron chi connectivity index (χ3n) is 4.10. The van der Waals surface area contributed by atoms with Crippen molar-refractivity contribution in [1.82, 2.24) is 9.21 Å². The molecule has 0 aliphatic carbocycles. The summed E-state index contributed by atoms with van der Waals surface area (Å²) in [5, 5.41) is 0. The predicted molar refractivity (Wildman–Crippen MR) is 97.9 cm³/mol. The smallest absolute Gasteiger partial charge is 0.243 e. The van der Waals surface area contributed by atoms with E-state index < -0.39 is 10.0 Å². The minimum atomic E-state index is -3.63. The van der Waals surface area contributed by atoms with E-state index in [4.69, 9.17) is 9.47 Å². The summed E-state index contributed by atoms with van der Waals surface area (Å²) < 4.78 is 37.4. The molecule has 1 aromatic carbocycles. The molecule has 0 radical (unpaired) electrons. The first-order chi connectivity index (χ1) is 11.9. The van der Waals surface area contributed by atoms with Gasteiger partial charge < -0.3 is 14.4 Å². The summed E-state index contributed by atoms with van der Waals surface area (Å²) in [6.07, 6.45) is 2.45. The highest BCUT2D eigenvalue weighted by Gasteiger charge is 2.30. The number of sulfonamides is 1. The molecule has 0 bridgehead atoms. The van der Waals surface area contributed by atoms with Crippen LogP contribution in [0, 0.1) is 0 Å². The van der Waals surface area contributed by atoms with E-state index in [0.717, 1.165) is 5.75 Å². The molecule has 1 heterocycles. The lowest BCUT2D eigenvalue weighted by Gasteiger charge is -2.34. The van der Waals surface area contributed by atoms with Gasteiger partial charge in [-0.15, -0.1) is 0 Å². The number of benzene rings is 1. The van der Waals surface area contributed by atoms with Crippen molar-refractivity contribution in [3.05, 3.63) is 18.2 Å². The van der Waals surface area contributed by atoms with Gasteiger partial charge in [-0.25, -0.2) is 8.42 Å². The molecule has 1 fully saturated rings. The number of rotatable bonds is 7. The standard InChI is InChI=1S/C16H24N2O5S2/c1-22-14-5-4-13(12-15(14)23-2)25(20,21)18-9-7-17(8-10-18)16(19)6-11-24-3/h4-5,12H,6-11H2,1-3H3. The topological polar surface area (TPSA) is 76.2 Å². The van der Waals surface area contributed by atoms with E-state index in [1.54, 1.807) is 22.7 Å². The van der Waals surface area contributed by atoms with Crippen molar-refractivity contribution < 1.29 is 22.7 Å². The fourth-order valence-corrected chi connectivity index (χ4v) is 4.47. The molecule has 2 rings (SSSR count). The number of methoxy groups -OCH3 is 2. The van der Waals surface area contributed by atoms with Crippen LogP contribution in [0.5, 0.6) is 11.5 Å². The van der Waals surface area contributed by atoms with Gasteiger partial charge in [-0.05, 0) is 18.4 Å². The first-order valence-corrected chi connectivity index (χ1v) is 10.8. The Labute approximate surface area is 153 Å². The largest absolute Gasteiger partial charge is 0.493 e. The van der Waals surface area contributed by atoms with Crippen molar-refractivity contribution in [2.45, 2.75) is 11.3 Å². The van der Waals surface area contributed by atoms with Crippen LogP contribution in [0.2, 0.25) is 0 Å². The van der Waals surface area contributed by atoms with E-state index in [9.17, 15) is 13.2 Å². The van der Waals surface area contributed by atoms with Crippen LogP contribution in [-0.2, 0) is 14.8 Å². The van der Waals surface area contributed by atoms with E-state index in [1.165, 1.54) is 30.7 Å². The zero-order chi connectivity index (χ0) is 18.4. The lowest BCUT2D eigenvalue weighted by atomic mass is 10.3. The first kappa shape index (κ1) is 19.9. The van der Waals surface area contributed by atoms with Gasteiger partial charge in [0, 0.05) is 44.4 Å². The van der Waals surface area contributed by atoms with E-state index in [1.807, 2.05) is 6.26 Å². The minimum Gasteiger partial charge on any atom is -0.493 e. The van der Waals surface area contributed by atoms with Gasteiger partial charge in [-0.3, -0.25) is 4.79 Å². The maximum absolute atomic E-state index is 12.8. The van der Waals surface area contributed by atoms with Crippen molar-refractivity contribution in [2.75, 3.05) is 52.4 Å². The van der Waals surface area contributed by atoms with Crippen molar-refractivity contribution in [3.8, 4) is 11.5 Å². The SMILES string of the molecule is COc1ccc(S(=O)(=O)N2CCN(C(=O)CCSC)CC2)cc1OC. The number of ether oxygens (including phenoxy) is 2. The molecule has 25 heavy (non-hydrogen) atoms. The molecular formula is C16H24N2O5S2. The quantitative estimate of drug-likeness (QED) is 0.701. The number of hydrogen-bond donors (Lipinski definition) is 0. The second-order valence-corrected chi connectivity index (χ2v) is 8.47. The predicted octanol–water partition coefficient (Wildman–Crippen LogP) is 1.29. The molecule has 7 nitrogen and oxygen atoms in total. The fourth-order valence-electron chi connectivity index (χ4n) is 2.65. The van der Waals surface area contributed by atoms with Gasteiger partial charge >= 0.3 is 0 Å². The first-order valence-electron chi connectivity index (χ1n) is 7.93. The number of piperazine rings is 1. The summed E-state index contributed by atoms with van der Waals surface area (Å²) >= 11 is 1.63. The Hall–Kier alpha value is -1.45. The van der Waals surface area contributed by atoms with E-state index in [-0.39, 0.29) is 10.8 Å². The van der Waals surface area contributed by atoms with Crippen molar-refractivity contribution in [3.63, 3.8) is 0 Å². The zero-order valence-corrected chi connectivity index (χ0v) is 16.4. The van der Waals surface area contributed by atoms with Gasteiger partial charge in [0.25, 0.3) is 0 Å². The molecule has 0 aromatic heterocycles. The molecule has 1 aliphatic heterocycles. The molecule has 0 N–H and O–H groups in total. The summed E-state index contributed by atoms with van der Waals surface area (Å²) in [6.45, 7) is 1.42. The third kappa shape index (κ3) is 4.59. The molecule has 1 saturated heterocycles. The summed E-state index contributed by atoms with van der Waals surface area (Å²) in [5.41, 5.74) is 0. The molecular weight excluding hydrogens is 364 g/mol. The maximum Gasteiger partial charge on any atom is 0.243 e. The normalized spacial score (nSPS) is 15.9. The van der Waals surface area contributed by atoms with Crippen molar-refractivity contribution >= 4 is 27.7 Å². The van der Waals surface area contributed by atoms with Gasteiger partial charge in [-0.1, -0.05) is 0 Å². The van der Waals surface area contributed by atoms with Crippen molar-refractivity contribution in [1.29, 1.82) is 0 Å². The van der Waals surface area contributed by atoms with Crippen LogP contribution >= 0.6 is 11.8 Å². The number of thioether (sulfide) groups is 1. The minimum absolute atomic E-state index is 0.0810. The van der Waals surface area contributed by atoms with Crippen LogP contribution in [0.3, 0.4) is 0 Å². The Balaban J connectivity index is 2.08. The fraction of sp³-hybridized carbons (Fsp3) is 0.562. The number of hydrogen-bond acceptors (Lipinski definition) is 6. The number of nitrogens with zero attached hydrogens (tertiary/aromatic N) is 2. The molecule has 1 amide bonds. The van der Waals surface area contributed by atoms with Gasteiger partial charge in [0.05, 0.1) is 19.1 Å². The average Bonchev–Trinajstić information content (AvgIpc) is 2.65. The highest BCUT2D eigenvalue weighted by Crippen LogP contribution is 2.30. The van der Waals surface area contributed by atoms with Crippen LogP contribution in [0.4, 0.5) is 0 Å². The Morgan fingerprint density at radius 1 is 1.12 bits per heavy atom. The Morgan fingerprint density at radius 2 is 1.76 bits per heavy atom. The molecule has 0 unspecified atom stereocenters. The summed E-state index contributed by atoms with van der Waals surface area (Å²) in [4.78, 5) is 13.9. The monoisotopic (exact) mass is 388 g/mol. The summed E-state index contributed by atoms with van der Waals surface area (Å²) in [5.74, 6) is 1.71. The van der Waals surface area contributed by atoms with Crippen LogP contribution < -0.4 is 9.47 Å². The number of carbonyl (C=O) groups excluding carboxylic acids is 1. The van der Waals surface area contributed by atoms with Crippen LogP contribution in [-0.4, -0.2) is 75.9 Å². The Morgan fingerprint density at radius 3 is 2.32 bits per heavy atom. The van der Waals surface area contributed by atoms with Crippen molar-refractivity contribution in [2.24, 2.45) is 0 Å². The summed E-state index contributed by atoms with van der Waals surface area (Å²) in [6, 6.07) is 4.55. The van der Waals surface area contributed by atoms with E-state index in [2.05, 4.69) is 0 Å². The Bertz CT molecular complexity index is 700. The van der Waals surface area contributed by atoms with Gasteiger partial charge in [0.15, 0.2) is 11.5 Å². The van der Waals surface area contributed by atoms with E-state index in [0.29, 0.717) is 44.1 Å². The second kappa shape index (κ2) is 8.77. The van der Waals surface area contributed by atoms with E-state index >= 15 is 0 Å². The van der Waals surface area contributed by atoms with Gasteiger partial charge in [0.2, 0.25) is 15.9 Å². The highest BCUT2D eigenvalue weighted by atomic mass is 32.2. The molecule has 9 heteroatoms. The molecule has 1 aromatic rings. The zero-order valence-electron chi connectivity index (χ0n) is 14.7. The maximum atomic E-state index is 12.8. The Kier molecular flexibility index (Phi) is 6.97. The van der Waals surface area contributed by atoms with Gasteiger partial charge in [-0.2, -0.15) is 16.1 Å². The third-order valence-corrected chi connectivity index (χ3v) is 6.61. The van der Waals surface area contributed by atoms with Crippen LogP contribution in [0.15, 0.2) is 23.1 Å². The number of amides is 1. The average molecular weight is 389 g/mol.